The Hall–Kier alpha value is -2.71. The summed E-state index contributed by atoms with van der Waals surface area (Å²) < 4.78 is 5.09. The Bertz CT molecular complexity index is 629. The third-order valence-corrected chi connectivity index (χ3v) is 3.23. The lowest BCUT2D eigenvalue weighted by atomic mass is 9.96. The summed E-state index contributed by atoms with van der Waals surface area (Å²) in [5.41, 5.74) is -0.760. The van der Waals surface area contributed by atoms with Crippen molar-refractivity contribution in [2.24, 2.45) is 0 Å². The number of carbonyl (C=O) groups excluding carboxylic acids is 1. The number of nitrogens with zero attached hydrogens (tertiary/aromatic N) is 2. The Morgan fingerprint density at radius 1 is 1.22 bits per heavy atom. The normalized spacial score (nSPS) is 11.9. The third kappa shape index (κ3) is 4.63. The van der Waals surface area contributed by atoms with Crippen LogP contribution in [0.5, 0.6) is 5.75 Å². The smallest absolute Gasteiger partial charge is 0.403 e. The monoisotopic (exact) mass is 325 g/mol. The van der Waals surface area contributed by atoms with Gasteiger partial charge in [-0.05, 0) is 26.2 Å². The zero-order valence-electron chi connectivity index (χ0n) is 13.4. The summed E-state index contributed by atoms with van der Waals surface area (Å²) in [6.45, 7) is 6.99. The van der Waals surface area contributed by atoms with E-state index in [0.717, 1.165) is 6.07 Å². The van der Waals surface area contributed by atoms with Gasteiger partial charge in [-0.1, -0.05) is 13.8 Å². The molecule has 1 unspecified atom stereocenters. The van der Waals surface area contributed by atoms with Gasteiger partial charge in [0.15, 0.2) is 0 Å². The Labute approximate surface area is 132 Å². The summed E-state index contributed by atoms with van der Waals surface area (Å²) in [6, 6.07) is 1.79. The van der Waals surface area contributed by atoms with Gasteiger partial charge in [-0.2, -0.15) is 0 Å². The summed E-state index contributed by atoms with van der Waals surface area (Å²) in [4.78, 5) is 32.5. The molecule has 9 heteroatoms. The molecule has 0 aliphatic carbocycles. The molecule has 1 amide bonds. The Kier molecular flexibility index (Phi) is 6.00. The van der Waals surface area contributed by atoms with Gasteiger partial charge in [-0.3, -0.25) is 20.2 Å². The largest absolute Gasteiger partial charge is 0.413 e. The first-order chi connectivity index (χ1) is 10.7. The number of hydrogen-bond donors (Lipinski definition) is 1. The van der Waals surface area contributed by atoms with Crippen LogP contribution in [0.2, 0.25) is 0 Å². The number of non-ortho nitro benzene ring substituents is 1. The predicted molar refractivity (Wildman–Crippen MR) is 82.8 cm³/mol. The minimum atomic E-state index is -0.846. The number of hydrogen-bond acceptors (Lipinski definition) is 6. The van der Waals surface area contributed by atoms with Crippen LogP contribution in [0.15, 0.2) is 12.1 Å². The van der Waals surface area contributed by atoms with Gasteiger partial charge in [0.2, 0.25) is 5.75 Å². The predicted octanol–water partition coefficient (Wildman–Crippen LogP) is 3.51. The number of nitrogens with one attached hydrogen (secondary N) is 1. The molecule has 1 atom stereocenters. The number of carbonyl (C=O) groups is 1. The average Bonchev–Trinajstić information content (AvgIpc) is 2.44. The van der Waals surface area contributed by atoms with Crippen molar-refractivity contribution in [3.63, 3.8) is 0 Å². The van der Waals surface area contributed by atoms with E-state index in [9.17, 15) is 25.0 Å². The van der Waals surface area contributed by atoms with Crippen LogP contribution in [0.1, 0.15) is 45.6 Å². The van der Waals surface area contributed by atoms with E-state index in [4.69, 9.17) is 4.74 Å². The molecule has 9 nitrogen and oxygen atoms in total. The third-order valence-electron chi connectivity index (χ3n) is 3.23. The first kappa shape index (κ1) is 18.3. The van der Waals surface area contributed by atoms with Crippen molar-refractivity contribution in [3.8, 4) is 5.75 Å². The Balaban J connectivity index is 3.46. The summed E-state index contributed by atoms with van der Waals surface area (Å²) in [7, 11) is 0. The summed E-state index contributed by atoms with van der Waals surface area (Å²) in [5.74, 6) is -0.511. The highest BCUT2D eigenvalue weighted by molar-refractivity contribution is 5.74. The fraction of sp³-hybridized carbons (Fsp3) is 0.500. The standard InChI is InChI=1S/C14H19N3O6/c1-5-9(4)11-6-10(16(19)20)7-12(17(21)22)13(11)23-14(18)15-8(2)3/h6-9H,5H2,1-4H3,(H,15,18). The highest BCUT2D eigenvalue weighted by atomic mass is 16.6. The second-order valence-corrected chi connectivity index (χ2v) is 5.40. The molecule has 1 rings (SSSR count). The van der Waals surface area contributed by atoms with Crippen molar-refractivity contribution in [2.45, 2.75) is 46.1 Å². The van der Waals surface area contributed by atoms with Crippen LogP contribution >= 0.6 is 0 Å². The maximum atomic E-state index is 11.8. The summed E-state index contributed by atoms with van der Waals surface area (Å²) >= 11 is 0. The zero-order valence-corrected chi connectivity index (χ0v) is 13.4. The highest BCUT2D eigenvalue weighted by Crippen LogP contribution is 2.40. The lowest BCUT2D eigenvalue weighted by Crippen LogP contribution is -2.33. The van der Waals surface area contributed by atoms with Crippen LogP contribution in [-0.2, 0) is 0 Å². The fourth-order valence-electron chi connectivity index (χ4n) is 1.92. The van der Waals surface area contributed by atoms with Gasteiger partial charge in [0.05, 0.1) is 15.9 Å². The summed E-state index contributed by atoms with van der Waals surface area (Å²) in [6.07, 6.45) is -0.276. The fourth-order valence-corrected chi connectivity index (χ4v) is 1.92. The lowest BCUT2D eigenvalue weighted by molar-refractivity contribution is -0.394. The minimum Gasteiger partial charge on any atom is -0.403 e. The second-order valence-electron chi connectivity index (χ2n) is 5.40. The highest BCUT2D eigenvalue weighted by Gasteiger charge is 2.29. The van der Waals surface area contributed by atoms with E-state index >= 15 is 0 Å². The number of ether oxygens (including phenoxy) is 1. The molecule has 23 heavy (non-hydrogen) atoms. The summed E-state index contributed by atoms with van der Waals surface area (Å²) in [5, 5.41) is 24.7. The number of nitro groups is 2. The molecular weight excluding hydrogens is 306 g/mol. The van der Waals surface area contributed by atoms with Gasteiger partial charge in [0.1, 0.15) is 0 Å². The molecule has 0 aliphatic heterocycles. The van der Waals surface area contributed by atoms with Crippen molar-refractivity contribution in [2.75, 3.05) is 0 Å². The SMILES string of the molecule is CCC(C)c1cc([N+](=O)[O-])cc([N+](=O)[O-])c1OC(=O)NC(C)C. The first-order valence-corrected chi connectivity index (χ1v) is 7.12. The number of benzene rings is 1. The molecule has 0 saturated heterocycles. The van der Waals surface area contributed by atoms with Crippen molar-refractivity contribution in [1.82, 2.24) is 5.32 Å². The molecule has 126 valence electrons. The molecule has 0 heterocycles. The first-order valence-electron chi connectivity index (χ1n) is 7.12. The number of rotatable bonds is 6. The van der Waals surface area contributed by atoms with Crippen LogP contribution in [0, 0.1) is 20.2 Å². The molecule has 0 spiro atoms. The molecule has 0 fully saturated rings. The molecular formula is C14H19N3O6. The van der Waals surface area contributed by atoms with Crippen LogP contribution in [-0.4, -0.2) is 22.0 Å². The Morgan fingerprint density at radius 2 is 1.83 bits per heavy atom. The van der Waals surface area contributed by atoms with Crippen LogP contribution in [0.4, 0.5) is 16.2 Å². The van der Waals surface area contributed by atoms with Crippen LogP contribution in [0.25, 0.3) is 0 Å². The molecule has 1 aromatic rings. The molecule has 1 N–H and O–H groups in total. The lowest BCUT2D eigenvalue weighted by Gasteiger charge is -2.16. The molecule has 0 radical (unpaired) electrons. The maximum Gasteiger partial charge on any atom is 0.413 e. The molecule has 0 bridgehead atoms. The zero-order chi connectivity index (χ0) is 17.7. The minimum absolute atomic E-state index is 0.216. The van der Waals surface area contributed by atoms with Gasteiger partial charge in [-0.15, -0.1) is 0 Å². The van der Waals surface area contributed by atoms with Crippen molar-refractivity contribution in [1.29, 1.82) is 0 Å². The van der Waals surface area contributed by atoms with Gasteiger partial charge in [0.25, 0.3) is 5.69 Å². The molecule has 0 aromatic heterocycles. The van der Waals surface area contributed by atoms with Crippen molar-refractivity contribution in [3.05, 3.63) is 37.9 Å². The maximum absolute atomic E-state index is 11.8. The van der Waals surface area contributed by atoms with Crippen molar-refractivity contribution < 1.29 is 19.4 Å². The Morgan fingerprint density at radius 3 is 2.26 bits per heavy atom. The van der Waals surface area contributed by atoms with Crippen LogP contribution in [0.3, 0.4) is 0 Å². The molecule has 0 aliphatic rings. The van der Waals surface area contributed by atoms with E-state index < -0.39 is 27.3 Å². The number of amides is 1. The van der Waals surface area contributed by atoms with E-state index in [1.807, 2.05) is 6.92 Å². The molecule has 1 aromatic carbocycles. The van der Waals surface area contributed by atoms with Gasteiger partial charge in [0, 0.05) is 17.7 Å². The number of nitro benzene ring substituents is 2. The topological polar surface area (TPSA) is 125 Å². The quantitative estimate of drug-likeness (QED) is 0.630. The molecule has 0 saturated carbocycles. The van der Waals surface area contributed by atoms with E-state index in [-0.39, 0.29) is 23.3 Å². The van der Waals surface area contributed by atoms with Crippen LogP contribution < -0.4 is 10.1 Å². The van der Waals surface area contributed by atoms with Gasteiger partial charge >= 0.3 is 11.8 Å². The second kappa shape index (κ2) is 7.52. The average molecular weight is 325 g/mol. The van der Waals surface area contributed by atoms with E-state index in [1.54, 1.807) is 20.8 Å². The van der Waals surface area contributed by atoms with E-state index in [0.29, 0.717) is 6.42 Å². The van der Waals surface area contributed by atoms with Gasteiger partial charge in [-0.25, -0.2) is 4.79 Å². The van der Waals surface area contributed by atoms with Crippen molar-refractivity contribution >= 4 is 17.5 Å². The van der Waals surface area contributed by atoms with Gasteiger partial charge < -0.3 is 10.1 Å². The van der Waals surface area contributed by atoms with E-state index in [1.165, 1.54) is 6.07 Å². The van der Waals surface area contributed by atoms with E-state index in [2.05, 4.69) is 5.32 Å².